The van der Waals surface area contributed by atoms with Crippen LogP contribution in [0.2, 0.25) is 0 Å². The highest BCUT2D eigenvalue weighted by molar-refractivity contribution is 6.01. The summed E-state index contributed by atoms with van der Waals surface area (Å²) < 4.78 is 12.7. The molecule has 3 aromatic carbocycles. The number of carbonyl (C=O) groups excluding carboxylic acids is 1. The van der Waals surface area contributed by atoms with Crippen LogP contribution in [-0.2, 0) is 5.54 Å². The van der Waals surface area contributed by atoms with Gasteiger partial charge in [0.15, 0.2) is 5.78 Å². The summed E-state index contributed by atoms with van der Waals surface area (Å²) >= 11 is 0. The molecule has 5 rings (SSSR count). The Morgan fingerprint density at radius 2 is 1.51 bits per heavy atom. The highest BCUT2D eigenvalue weighted by Gasteiger charge is 2.37. The van der Waals surface area contributed by atoms with Crippen molar-refractivity contribution in [2.75, 3.05) is 19.5 Å². The van der Waals surface area contributed by atoms with Gasteiger partial charge in [-0.15, -0.1) is 0 Å². The zero-order valence-corrected chi connectivity index (χ0v) is 21.8. The van der Waals surface area contributed by atoms with E-state index in [2.05, 4.69) is 48.5 Å². The van der Waals surface area contributed by atoms with E-state index in [1.165, 1.54) is 5.56 Å². The lowest BCUT2D eigenvalue weighted by molar-refractivity contribution is 0.0978. The molecule has 6 nitrogen and oxygen atoms in total. The Labute approximate surface area is 218 Å². The van der Waals surface area contributed by atoms with E-state index in [0.717, 1.165) is 34.9 Å². The van der Waals surface area contributed by atoms with E-state index in [1.807, 2.05) is 59.3 Å². The first-order chi connectivity index (χ1) is 17.9. The van der Waals surface area contributed by atoms with Gasteiger partial charge in [-0.05, 0) is 61.2 Å². The van der Waals surface area contributed by atoms with E-state index in [0.29, 0.717) is 12.0 Å². The molecule has 4 aromatic rings. The summed E-state index contributed by atoms with van der Waals surface area (Å²) in [5, 5.41) is 8.28. The molecule has 37 heavy (non-hydrogen) atoms. The van der Waals surface area contributed by atoms with Crippen molar-refractivity contribution in [2.24, 2.45) is 0 Å². The van der Waals surface area contributed by atoms with Crippen LogP contribution in [0.1, 0.15) is 65.7 Å². The molecule has 6 heteroatoms. The van der Waals surface area contributed by atoms with E-state index < -0.39 is 0 Å². The highest BCUT2D eigenvalue weighted by Crippen LogP contribution is 2.41. The van der Waals surface area contributed by atoms with Crippen LogP contribution >= 0.6 is 0 Å². The van der Waals surface area contributed by atoms with Crippen molar-refractivity contribution in [1.29, 1.82) is 0 Å². The highest BCUT2D eigenvalue weighted by atomic mass is 16.5. The topological polar surface area (TPSA) is 65.4 Å². The zero-order valence-electron chi connectivity index (χ0n) is 21.8. The van der Waals surface area contributed by atoms with Crippen LogP contribution in [0.3, 0.4) is 0 Å². The first-order valence-corrected chi connectivity index (χ1v) is 12.6. The van der Waals surface area contributed by atoms with E-state index in [1.54, 1.807) is 20.4 Å². The van der Waals surface area contributed by atoms with Crippen LogP contribution in [0, 0.1) is 0 Å². The molecule has 1 unspecified atom stereocenters. The van der Waals surface area contributed by atoms with Gasteiger partial charge in [-0.25, -0.2) is 4.68 Å². The second-order valence-electron chi connectivity index (χ2n) is 10.2. The number of ether oxygens (including phenoxy) is 2. The largest absolute Gasteiger partial charge is 0.497 e. The third kappa shape index (κ3) is 4.96. The predicted molar refractivity (Wildman–Crippen MR) is 146 cm³/mol. The molecule has 0 radical (unpaired) electrons. The van der Waals surface area contributed by atoms with E-state index in [-0.39, 0.29) is 23.3 Å². The third-order valence-corrected chi connectivity index (χ3v) is 7.29. The minimum absolute atomic E-state index is 0.0508. The van der Waals surface area contributed by atoms with Gasteiger partial charge in [0.05, 0.1) is 37.6 Å². The standard InChI is InChI=1S/C31H33N3O3/c1-31(2)19-28(23-8-6-5-7-9-23)33-30-27(20-32-34(30)31)29(35)18-26(21-10-14-24(36-3)15-11-21)22-12-16-25(37-4)17-13-22/h5-17,20,26,28,33H,18-19H2,1-4H3. The number of fused-ring (bicyclic) bond motifs is 1. The fourth-order valence-corrected chi connectivity index (χ4v) is 5.23. The van der Waals surface area contributed by atoms with Gasteiger partial charge >= 0.3 is 0 Å². The number of aromatic nitrogens is 2. The molecule has 0 aliphatic carbocycles. The second kappa shape index (κ2) is 10.1. The number of hydrogen-bond acceptors (Lipinski definition) is 5. The van der Waals surface area contributed by atoms with Gasteiger partial charge in [-0.1, -0.05) is 54.6 Å². The lowest BCUT2D eigenvalue weighted by Gasteiger charge is -2.38. The molecule has 1 atom stereocenters. The number of anilines is 1. The fraction of sp³-hybridized carbons (Fsp3) is 0.290. The maximum Gasteiger partial charge on any atom is 0.169 e. The van der Waals surface area contributed by atoms with Gasteiger partial charge in [0, 0.05) is 12.3 Å². The number of methoxy groups -OCH3 is 2. The molecule has 1 aromatic heterocycles. The Bertz CT molecular complexity index is 1310. The number of carbonyl (C=O) groups is 1. The lowest BCUT2D eigenvalue weighted by atomic mass is 9.85. The van der Waals surface area contributed by atoms with Gasteiger partial charge in [-0.3, -0.25) is 4.79 Å². The molecule has 0 saturated heterocycles. The van der Waals surface area contributed by atoms with Gasteiger partial charge in [-0.2, -0.15) is 5.10 Å². The summed E-state index contributed by atoms with van der Waals surface area (Å²) in [6.45, 7) is 4.35. The van der Waals surface area contributed by atoms with Crippen LogP contribution < -0.4 is 14.8 Å². The average molecular weight is 496 g/mol. The Kier molecular flexibility index (Phi) is 6.74. The van der Waals surface area contributed by atoms with Crippen molar-refractivity contribution >= 4 is 11.6 Å². The minimum atomic E-state index is -0.231. The molecule has 0 spiro atoms. The van der Waals surface area contributed by atoms with E-state index in [4.69, 9.17) is 9.47 Å². The molecule has 1 N–H and O–H groups in total. The van der Waals surface area contributed by atoms with Gasteiger partial charge in [0.2, 0.25) is 0 Å². The van der Waals surface area contributed by atoms with Crippen LogP contribution in [0.5, 0.6) is 11.5 Å². The Morgan fingerprint density at radius 3 is 2.05 bits per heavy atom. The number of Topliss-reactive ketones (excluding diaryl/α,β-unsaturated/α-hetero) is 1. The van der Waals surface area contributed by atoms with Crippen molar-refractivity contribution in [1.82, 2.24) is 9.78 Å². The number of benzene rings is 3. The molecule has 0 bridgehead atoms. The smallest absolute Gasteiger partial charge is 0.169 e. The van der Waals surface area contributed by atoms with Crippen molar-refractivity contribution in [3.63, 3.8) is 0 Å². The van der Waals surface area contributed by atoms with Crippen molar-refractivity contribution in [3.8, 4) is 11.5 Å². The van der Waals surface area contributed by atoms with E-state index in [9.17, 15) is 4.79 Å². The molecular formula is C31H33N3O3. The Hall–Kier alpha value is -4.06. The molecule has 2 heterocycles. The van der Waals surface area contributed by atoms with Crippen molar-refractivity contribution in [3.05, 3.63) is 107 Å². The molecular weight excluding hydrogens is 462 g/mol. The van der Waals surface area contributed by atoms with Gasteiger partial charge < -0.3 is 14.8 Å². The van der Waals surface area contributed by atoms with Crippen LogP contribution in [0.25, 0.3) is 0 Å². The SMILES string of the molecule is COc1ccc(C(CC(=O)c2cnn3c2NC(c2ccccc2)CC3(C)C)c2ccc(OC)cc2)cc1. The van der Waals surface area contributed by atoms with Gasteiger partial charge in [0.25, 0.3) is 0 Å². The summed E-state index contributed by atoms with van der Waals surface area (Å²) in [5.74, 6) is 2.29. The normalized spacial score (nSPS) is 16.1. The first kappa shape index (κ1) is 24.6. The first-order valence-electron chi connectivity index (χ1n) is 12.6. The maximum atomic E-state index is 13.9. The lowest BCUT2D eigenvalue weighted by Crippen LogP contribution is -2.38. The summed E-state index contributed by atoms with van der Waals surface area (Å²) in [5.41, 5.74) is 3.70. The number of hydrogen-bond donors (Lipinski definition) is 1. The number of nitrogens with zero attached hydrogens (tertiary/aromatic N) is 2. The average Bonchev–Trinajstić information content (AvgIpc) is 3.37. The Morgan fingerprint density at radius 1 is 0.946 bits per heavy atom. The predicted octanol–water partition coefficient (Wildman–Crippen LogP) is 6.60. The van der Waals surface area contributed by atoms with Crippen LogP contribution in [0.4, 0.5) is 5.82 Å². The Balaban J connectivity index is 1.48. The quantitative estimate of drug-likeness (QED) is 0.279. The zero-order chi connectivity index (χ0) is 26.0. The minimum Gasteiger partial charge on any atom is -0.497 e. The summed E-state index contributed by atoms with van der Waals surface area (Å²) in [7, 11) is 3.31. The third-order valence-electron chi connectivity index (χ3n) is 7.29. The molecule has 1 aliphatic heterocycles. The summed E-state index contributed by atoms with van der Waals surface area (Å²) in [6, 6.07) is 26.4. The summed E-state index contributed by atoms with van der Waals surface area (Å²) in [6.07, 6.45) is 2.91. The van der Waals surface area contributed by atoms with Crippen LogP contribution in [-0.4, -0.2) is 29.8 Å². The number of nitrogens with one attached hydrogen (secondary N) is 1. The number of ketones is 1. The van der Waals surface area contributed by atoms with Crippen LogP contribution in [0.15, 0.2) is 85.1 Å². The monoisotopic (exact) mass is 495 g/mol. The van der Waals surface area contributed by atoms with Crippen molar-refractivity contribution in [2.45, 2.75) is 44.2 Å². The van der Waals surface area contributed by atoms with Gasteiger partial charge in [0.1, 0.15) is 17.3 Å². The molecule has 190 valence electrons. The fourth-order valence-electron chi connectivity index (χ4n) is 5.23. The second-order valence-corrected chi connectivity index (χ2v) is 10.2. The molecule has 1 aliphatic rings. The maximum absolute atomic E-state index is 13.9. The molecule has 0 fully saturated rings. The molecule has 0 saturated carbocycles. The summed E-state index contributed by atoms with van der Waals surface area (Å²) in [4.78, 5) is 13.9. The molecule has 0 amide bonds. The van der Waals surface area contributed by atoms with E-state index >= 15 is 0 Å². The van der Waals surface area contributed by atoms with Crippen molar-refractivity contribution < 1.29 is 14.3 Å². The number of rotatable bonds is 8.